The van der Waals surface area contributed by atoms with E-state index >= 15 is 0 Å². The van der Waals surface area contributed by atoms with Crippen LogP contribution in [0.25, 0.3) is 0 Å². The van der Waals surface area contributed by atoms with Gasteiger partial charge in [0.05, 0.1) is 24.8 Å². The highest BCUT2D eigenvalue weighted by Gasteiger charge is 2.34. The summed E-state index contributed by atoms with van der Waals surface area (Å²) in [4.78, 5) is 29.0. The molecule has 0 spiro atoms. The molecular weight excluding hydrogens is 590 g/mol. The van der Waals surface area contributed by atoms with E-state index in [1.54, 1.807) is 55.5 Å². The quantitative estimate of drug-likeness (QED) is 0.291. The summed E-state index contributed by atoms with van der Waals surface area (Å²) in [5.74, 6) is -0.164. The highest BCUT2D eigenvalue weighted by Crippen LogP contribution is 2.34. The van der Waals surface area contributed by atoms with Gasteiger partial charge in [0.1, 0.15) is 12.6 Å². The van der Waals surface area contributed by atoms with Crippen LogP contribution in [0.3, 0.4) is 0 Å². The second-order valence-corrected chi connectivity index (χ2v) is 12.9. The topological polar surface area (TPSA) is 105 Å². The molecule has 3 aromatic rings. The molecule has 1 aliphatic carbocycles. The van der Waals surface area contributed by atoms with Gasteiger partial charge in [0.2, 0.25) is 11.8 Å². The van der Waals surface area contributed by atoms with Crippen molar-refractivity contribution in [3.05, 3.63) is 82.9 Å². The molecule has 0 bridgehead atoms. The number of halogens is 1. The predicted octanol–water partition coefficient (Wildman–Crippen LogP) is 5.34. The number of sulfonamides is 1. The Bertz CT molecular complexity index is 1540. The standard InChI is InChI=1S/C32H38ClN3O6S/c1-22-13-16-27(17-14-22)43(39,40)36(26-15-18-29(41-3)30(19-26)42-4)21-31(37)35(20-24-9-5-8-12-28(24)33)23(2)32(38)34-25-10-6-7-11-25/h5,8-9,12-19,23,25H,6-7,10-11,20-21H2,1-4H3,(H,34,38)/t23-/m1/s1. The van der Waals surface area contributed by atoms with Crippen LogP contribution in [0.4, 0.5) is 5.69 Å². The number of rotatable bonds is 12. The Morgan fingerprint density at radius 2 is 1.63 bits per heavy atom. The van der Waals surface area contributed by atoms with E-state index in [9.17, 15) is 18.0 Å². The molecule has 9 nitrogen and oxygen atoms in total. The fourth-order valence-corrected chi connectivity index (χ4v) is 6.73. The molecule has 4 rings (SSSR count). The summed E-state index contributed by atoms with van der Waals surface area (Å²) in [5, 5.41) is 3.50. The van der Waals surface area contributed by atoms with Crippen LogP contribution in [-0.4, -0.2) is 58.0 Å². The van der Waals surface area contributed by atoms with E-state index in [-0.39, 0.29) is 29.1 Å². The highest BCUT2D eigenvalue weighted by molar-refractivity contribution is 7.92. The summed E-state index contributed by atoms with van der Waals surface area (Å²) in [6.45, 7) is 2.95. The maximum absolute atomic E-state index is 14.2. The van der Waals surface area contributed by atoms with E-state index in [4.69, 9.17) is 21.1 Å². The molecule has 0 aromatic heterocycles. The summed E-state index contributed by atoms with van der Waals surface area (Å²) in [6.07, 6.45) is 3.86. The molecule has 1 saturated carbocycles. The third kappa shape index (κ3) is 7.61. The van der Waals surface area contributed by atoms with Crippen molar-refractivity contribution in [3.63, 3.8) is 0 Å². The Morgan fingerprint density at radius 3 is 2.26 bits per heavy atom. The van der Waals surface area contributed by atoms with Gasteiger partial charge in [0.25, 0.3) is 10.0 Å². The molecule has 0 radical (unpaired) electrons. The monoisotopic (exact) mass is 627 g/mol. The van der Waals surface area contributed by atoms with Gasteiger partial charge >= 0.3 is 0 Å². The third-order valence-electron chi connectivity index (χ3n) is 7.71. The van der Waals surface area contributed by atoms with Crippen molar-refractivity contribution >= 4 is 39.1 Å². The van der Waals surface area contributed by atoms with Crippen LogP contribution >= 0.6 is 11.6 Å². The van der Waals surface area contributed by atoms with Gasteiger partial charge < -0.3 is 19.7 Å². The van der Waals surface area contributed by atoms with Crippen LogP contribution in [0, 0.1) is 6.92 Å². The number of benzene rings is 3. The molecular formula is C32H38ClN3O6S. The number of aryl methyl sites for hydroxylation is 1. The van der Waals surface area contributed by atoms with Crippen molar-refractivity contribution in [1.29, 1.82) is 0 Å². The minimum atomic E-state index is -4.23. The van der Waals surface area contributed by atoms with E-state index in [1.807, 2.05) is 6.92 Å². The molecule has 1 fully saturated rings. The van der Waals surface area contributed by atoms with E-state index in [0.29, 0.717) is 22.1 Å². The van der Waals surface area contributed by atoms with Crippen molar-refractivity contribution in [2.45, 2.75) is 63.1 Å². The predicted molar refractivity (Wildman–Crippen MR) is 167 cm³/mol. The average Bonchev–Trinajstić information content (AvgIpc) is 3.51. The Balaban J connectivity index is 1.74. The number of hydrogen-bond acceptors (Lipinski definition) is 6. The number of nitrogens with zero attached hydrogens (tertiary/aromatic N) is 2. The number of nitrogens with one attached hydrogen (secondary N) is 1. The molecule has 11 heteroatoms. The van der Waals surface area contributed by atoms with Gasteiger partial charge in [-0.15, -0.1) is 0 Å². The number of carbonyl (C=O) groups is 2. The minimum Gasteiger partial charge on any atom is -0.493 e. The van der Waals surface area contributed by atoms with Crippen LogP contribution in [0.2, 0.25) is 5.02 Å². The molecule has 230 valence electrons. The van der Waals surface area contributed by atoms with E-state index < -0.39 is 28.5 Å². The first kappa shape index (κ1) is 32.2. The summed E-state index contributed by atoms with van der Waals surface area (Å²) in [7, 11) is -1.30. The van der Waals surface area contributed by atoms with Gasteiger partial charge in [0.15, 0.2) is 11.5 Å². The molecule has 0 aliphatic heterocycles. The molecule has 1 atom stereocenters. The molecule has 0 heterocycles. The number of carbonyl (C=O) groups excluding carboxylic acids is 2. The zero-order valence-corrected chi connectivity index (χ0v) is 26.5. The number of anilines is 1. The van der Waals surface area contributed by atoms with Crippen molar-refractivity contribution in [3.8, 4) is 11.5 Å². The normalized spacial score (nSPS) is 14.2. The molecule has 1 aliphatic rings. The average molecular weight is 628 g/mol. The zero-order valence-electron chi connectivity index (χ0n) is 24.9. The first-order valence-corrected chi connectivity index (χ1v) is 16.0. The number of amides is 2. The summed E-state index contributed by atoms with van der Waals surface area (Å²) in [5.41, 5.74) is 1.73. The van der Waals surface area contributed by atoms with Crippen LogP contribution in [-0.2, 0) is 26.2 Å². The number of hydrogen-bond donors (Lipinski definition) is 1. The SMILES string of the molecule is COc1ccc(N(CC(=O)N(Cc2ccccc2Cl)[C@H](C)C(=O)NC2CCCC2)S(=O)(=O)c2ccc(C)cc2)cc1OC. The largest absolute Gasteiger partial charge is 0.493 e. The Labute approximate surface area is 258 Å². The zero-order chi connectivity index (χ0) is 31.1. The Morgan fingerprint density at radius 1 is 0.977 bits per heavy atom. The molecule has 1 N–H and O–H groups in total. The Hall–Kier alpha value is -3.76. The number of ether oxygens (including phenoxy) is 2. The van der Waals surface area contributed by atoms with Crippen molar-refractivity contribution in [2.24, 2.45) is 0 Å². The smallest absolute Gasteiger partial charge is 0.264 e. The van der Waals surface area contributed by atoms with E-state index in [0.717, 1.165) is 35.6 Å². The first-order chi connectivity index (χ1) is 20.5. The third-order valence-corrected chi connectivity index (χ3v) is 9.87. The van der Waals surface area contributed by atoms with Crippen molar-refractivity contribution in [1.82, 2.24) is 10.2 Å². The lowest BCUT2D eigenvalue weighted by Gasteiger charge is -2.32. The molecule has 43 heavy (non-hydrogen) atoms. The van der Waals surface area contributed by atoms with Crippen molar-refractivity contribution < 1.29 is 27.5 Å². The van der Waals surface area contributed by atoms with Crippen LogP contribution in [0.1, 0.15) is 43.7 Å². The lowest BCUT2D eigenvalue weighted by Crippen LogP contribution is -2.52. The maximum atomic E-state index is 14.2. The van der Waals surface area contributed by atoms with E-state index in [2.05, 4.69) is 5.32 Å². The molecule has 0 unspecified atom stereocenters. The lowest BCUT2D eigenvalue weighted by atomic mass is 10.1. The van der Waals surface area contributed by atoms with Gasteiger partial charge in [-0.05, 0) is 62.6 Å². The highest BCUT2D eigenvalue weighted by atomic mass is 35.5. The van der Waals surface area contributed by atoms with Crippen LogP contribution in [0.5, 0.6) is 11.5 Å². The van der Waals surface area contributed by atoms with E-state index in [1.165, 1.54) is 37.3 Å². The molecule has 0 saturated heterocycles. The fraction of sp³-hybridized carbons (Fsp3) is 0.375. The summed E-state index contributed by atoms with van der Waals surface area (Å²) in [6, 6.07) is 17.3. The molecule has 2 amide bonds. The van der Waals surface area contributed by atoms with Crippen LogP contribution < -0.4 is 19.1 Å². The summed E-state index contributed by atoms with van der Waals surface area (Å²) < 4.78 is 40.0. The van der Waals surface area contributed by atoms with Crippen molar-refractivity contribution in [2.75, 3.05) is 25.1 Å². The first-order valence-electron chi connectivity index (χ1n) is 14.2. The maximum Gasteiger partial charge on any atom is 0.264 e. The van der Waals surface area contributed by atoms with Gasteiger partial charge in [-0.25, -0.2) is 8.42 Å². The fourth-order valence-electron chi connectivity index (χ4n) is 5.13. The summed E-state index contributed by atoms with van der Waals surface area (Å²) >= 11 is 6.45. The molecule has 3 aromatic carbocycles. The second-order valence-electron chi connectivity index (χ2n) is 10.6. The second kappa shape index (κ2) is 14.1. The van der Waals surface area contributed by atoms with Gasteiger partial charge in [-0.1, -0.05) is 60.3 Å². The Kier molecular flexibility index (Phi) is 10.6. The number of methoxy groups -OCH3 is 2. The van der Waals surface area contributed by atoms with Gasteiger partial charge in [-0.2, -0.15) is 0 Å². The lowest BCUT2D eigenvalue weighted by molar-refractivity contribution is -0.139. The van der Waals surface area contributed by atoms with Gasteiger partial charge in [-0.3, -0.25) is 13.9 Å². The van der Waals surface area contributed by atoms with Crippen LogP contribution in [0.15, 0.2) is 71.6 Å². The van der Waals surface area contributed by atoms with Gasteiger partial charge in [0, 0.05) is 23.7 Å². The minimum absolute atomic E-state index is 0.0160.